The zero-order valence-corrected chi connectivity index (χ0v) is 13.4. The van der Waals surface area contributed by atoms with E-state index in [1.807, 2.05) is 0 Å². The number of aliphatic hydroxyl groups excluding tert-OH is 1. The van der Waals surface area contributed by atoms with Crippen LogP contribution >= 0.6 is 0 Å². The summed E-state index contributed by atoms with van der Waals surface area (Å²) in [6.07, 6.45) is 2.96. The molecule has 0 fully saturated rings. The quantitative estimate of drug-likeness (QED) is 0.599. The summed E-state index contributed by atoms with van der Waals surface area (Å²) in [4.78, 5) is 0.205. The zero-order valence-electron chi connectivity index (χ0n) is 12.6. The lowest BCUT2D eigenvalue weighted by atomic mass is 10.1. The third-order valence-electron chi connectivity index (χ3n) is 2.96. The molecule has 0 aliphatic heterocycles. The molecule has 4 nitrogen and oxygen atoms in total. The molecule has 0 aliphatic carbocycles. The average Bonchev–Trinajstić information content (AvgIpc) is 2.44. The maximum atomic E-state index is 12.1. The highest BCUT2D eigenvalue weighted by Gasteiger charge is 2.13. The molecular weight excluding hydrogens is 286 g/mol. The molecule has 0 heterocycles. The first-order valence-corrected chi connectivity index (χ1v) is 8.63. The van der Waals surface area contributed by atoms with Crippen LogP contribution in [0.1, 0.15) is 38.7 Å². The Labute approximate surface area is 127 Å². The summed E-state index contributed by atoms with van der Waals surface area (Å²) >= 11 is 0. The molecule has 0 aliphatic rings. The van der Waals surface area contributed by atoms with E-state index in [4.69, 9.17) is 5.11 Å². The molecule has 0 saturated carbocycles. The van der Waals surface area contributed by atoms with Crippen molar-refractivity contribution in [3.8, 4) is 11.8 Å². The van der Waals surface area contributed by atoms with E-state index in [9.17, 15) is 8.42 Å². The van der Waals surface area contributed by atoms with Crippen LogP contribution in [-0.2, 0) is 10.0 Å². The lowest BCUT2D eigenvalue weighted by Crippen LogP contribution is -2.24. The predicted octanol–water partition coefficient (Wildman–Crippen LogP) is 2.13. The highest BCUT2D eigenvalue weighted by Crippen LogP contribution is 2.11. The standard InChI is InChI=1S/C16H23NO3S/c1-14(2)7-3-4-11-17-21(19,20)16-10-5-8-15(13-16)9-6-12-18/h5,8,10,13-14,17-18H,3-4,7,11-12H2,1-2H3. The van der Waals surface area contributed by atoms with E-state index in [1.165, 1.54) is 6.07 Å². The second-order valence-electron chi connectivity index (χ2n) is 5.28. The Hall–Kier alpha value is -1.35. The second-order valence-corrected chi connectivity index (χ2v) is 7.04. The van der Waals surface area contributed by atoms with Gasteiger partial charge in [0, 0.05) is 12.1 Å². The number of unbranched alkanes of at least 4 members (excludes halogenated alkanes) is 1. The minimum absolute atomic E-state index is 0.205. The largest absolute Gasteiger partial charge is 0.384 e. The lowest BCUT2D eigenvalue weighted by molar-refractivity contribution is 0.350. The molecular formula is C16H23NO3S. The van der Waals surface area contributed by atoms with Gasteiger partial charge in [0.05, 0.1) is 4.90 Å². The van der Waals surface area contributed by atoms with Gasteiger partial charge in [-0.05, 0) is 30.5 Å². The Bertz CT molecular complexity index is 597. The van der Waals surface area contributed by atoms with Gasteiger partial charge < -0.3 is 5.11 Å². The number of sulfonamides is 1. The number of hydrogen-bond acceptors (Lipinski definition) is 3. The molecule has 0 atom stereocenters. The topological polar surface area (TPSA) is 66.4 Å². The smallest absolute Gasteiger partial charge is 0.240 e. The van der Waals surface area contributed by atoms with Crippen LogP contribution in [-0.4, -0.2) is 26.7 Å². The van der Waals surface area contributed by atoms with E-state index in [0.29, 0.717) is 18.0 Å². The van der Waals surface area contributed by atoms with E-state index in [0.717, 1.165) is 19.3 Å². The van der Waals surface area contributed by atoms with Gasteiger partial charge in [0.15, 0.2) is 0 Å². The van der Waals surface area contributed by atoms with E-state index in [-0.39, 0.29) is 11.5 Å². The van der Waals surface area contributed by atoms with Crippen LogP contribution in [0.2, 0.25) is 0 Å². The van der Waals surface area contributed by atoms with E-state index in [2.05, 4.69) is 30.4 Å². The molecule has 2 N–H and O–H groups in total. The summed E-state index contributed by atoms with van der Waals surface area (Å²) in [5.41, 5.74) is 0.576. The number of aliphatic hydroxyl groups is 1. The highest BCUT2D eigenvalue weighted by atomic mass is 32.2. The van der Waals surface area contributed by atoms with Gasteiger partial charge >= 0.3 is 0 Å². The van der Waals surface area contributed by atoms with E-state index < -0.39 is 10.0 Å². The number of hydrogen-bond donors (Lipinski definition) is 2. The Morgan fingerprint density at radius 2 is 2.05 bits per heavy atom. The van der Waals surface area contributed by atoms with Crippen LogP contribution in [0.5, 0.6) is 0 Å². The summed E-state index contributed by atoms with van der Waals surface area (Å²) in [7, 11) is -3.49. The van der Waals surface area contributed by atoms with Crippen molar-refractivity contribution in [2.75, 3.05) is 13.2 Å². The van der Waals surface area contributed by atoms with E-state index in [1.54, 1.807) is 18.2 Å². The van der Waals surface area contributed by atoms with Crippen LogP contribution in [0.25, 0.3) is 0 Å². The summed E-state index contributed by atoms with van der Waals surface area (Å²) < 4.78 is 26.9. The molecule has 21 heavy (non-hydrogen) atoms. The molecule has 5 heteroatoms. The number of benzene rings is 1. The van der Waals surface area contributed by atoms with Gasteiger partial charge in [-0.2, -0.15) is 0 Å². The van der Waals surface area contributed by atoms with Crippen molar-refractivity contribution in [3.05, 3.63) is 29.8 Å². The third-order valence-corrected chi connectivity index (χ3v) is 4.42. The Morgan fingerprint density at radius 1 is 1.29 bits per heavy atom. The summed E-state index contributed by atoms with van der Waals surface area (Å²) in [5.74, 6) is 5.85. The number of rotatable bonds is 7. The maximum Gasteiger partial charge on any atom is 0.240 e. The van der Waals surface area contributed by atoms with Crippen molar-refractivity contribution in [1.82, 2.24) is 4.72 Å². The van der Waals surface area contributed by atoms with Gasteiger partial charge in [-0.1, -0.05) is 44.6 Å². The number of nitrogens with one attached hydrogen (secondary N) is 1. The molecule has 1 rings (SSSR count). The SMILES string of the molecule is CC(C)CCCCNS(=O)(=O)c1cccc(C#CCO)c1. The fourth-order valence-electron chi connectivity index (χ4n) is 1.85. The average molecular weight is 309 g/mol. The van der Waals surface area contributed by atoms with Crippen molar-refractivity contribution in [3.63, 3.8) is 0 Å². The lowest BCUT2D eigenvalue weighted by Gasteiger charge is -2.08. The fourth-order valence-corrected chi connectivity index (χ4v) is 2.97. The molecule has 0 aromatic heterocycles. The molecule has 1 aromatic carbocycles. The first kappa shape index (κ1) is 17.7. The molecule has 0 amide bonds. The molecule has 0 spiro atoms. The van der Waals surface area contributed by atoms with Crippen LogP contribution in [0, 0.1) is 17.8 Å². The van der Waals surface area contributed by atoms with Gasteiger partial charge in [-0.15, -0.1) is 0 Å². The van der Waals surface area contributed by atoms with Crippen molar-refractivity contribution < 1.29 is 13.5 Å². The zero-order chi connectivity index (χ0) is 15.7. The highest BCUT2D eigenvalue weighted by molar-refractivity contribution is 7.89. The summed E-state index contributed by atoms with van der Waals surface area (Å²) in [6, 6.07) is 6.42. The van der Waals surface area contributed by atoms with Gasteiger partial charge in [0.1, 0.15) is 6.61 Å². The van der Waals surface area contributed by atoms with Crippen molar-refractivity contribution in [2.24, 2.45) is 5.92 Å². The molecule has 0 bridgehead atoms. The van der Waals surface area contributed by atoms with Gasteiger partial charge in [-0.25, -0.2) is 13.1 Å². The first-order valence-electron chi connectivity index (χ1n) is 7.15. The Kier molecular flexibility index (Phi) is 7.44. The monoisotopic (exact) mass is 309 g/mol. The minimum Gasteiger partial charge on any atom is -0.384 e. The Balaban J connectivity index is 2.61. The van der Waals surface area contributed by atoms with Crippen LogP contribution < -0.4 is 4.72 Å². The normalized spacial score (nSPS) is 11.2. The summed E-state index contributed by atoms with van der Waals surface area (Å²) in [6.45, 7) is 4.51. The fraction of sp³-hybridized carbons (Fsp3) is 0.500. The van der Waals surface area contributed by atoms with Crippen LogP contribution in [0.3, 0.4) is 0 Å². The first-order chi connectivity index (χ1) is 9.95. The van der Waals surface area contributed by atoms with Crippen molar-refractivity contribution in [2.45, 2.75) is 38.0 Å². The van der Waals surface area contributed by atoms with Crippen molar-refractivity contribution in [1.29, 1.82) is 0 Å². The summed E-state index contributed by atoms with van der Waals surface area (Å²) in [5, 5.41) is 8.66. The second kappa shape index (κ2) is 8.83. The van der Waals surface area contributed by atoms with Gasteiger partial charge in [0.2, 0.25) is 10.0 Å². The van der Waals surface area contributed by atoms with E-state index >= 15 is 0 Å². The third kappa shape index (κ3) is 6.76. The Morgan fingerprint density at radius 3 is 2.71 bits per heavy atom. The molecule has 0 radical (unpaired) electrons. The van der Waals surface area contributed by atoms with Crippen LogP contribution in [0.15, 0.2) is 29.2 Å². The molecule has 1 aromatic rings. The van der Waals surface area contributed by atoms with Crippen molar-refractivity contribution >= 4 is 10.0 Å². The van der Waals surface area contributed by atoms with Crippen LogP contribution in [0.4, 0.5) is 0 Å². The molecule has 116 valence electrons. The predicted molar refractivity (Wildman–Crippen MR) is 84.3 cm³/mol. The minimum atomic E-state index is -3.49. The molecule has 0 saturated heterocycles. The van der Waals surface area contributed by atoms with Gasteiger partial charge in [-0.3, -0.25) is 0 Å². The maximum absolute atomic E-state index is 12.1. The molecule has 0 unspecified atom stereocenters. The van der Waals surface area contributed by atoms with Gasteiger partial charge in [0.25, 0.3) is 0 Å².